The van der Waals surface area contributed by atoms with E-state index >= 15 is 0 Å². The number of rotatable bonds is 7. The van der Waals surface area contributed by atoms with Gasteiger partial charge in [0.1, 0.15) is 5.82 Å². The summed E-state index contributed by atoms with van der Waals surface area (Å²) in [6, 6.07) is 9.11. The fourth-order valence-corrected chi connectivity index (χ4v) is 4.29. The fourth-order valence-electron chi connectivity index (χ4n) is 4.01. The number of hydrogen-bond acceptors (Lipinski definition) is 2. The van der Waals surface area contributed by atoms with Gasteiger partial charge in [-0.3, -0.25) is 4.79 Å². The van der Waals surface area contributed by atoms with E-state index in [-0.39, 0.29) is 17.5 Å². The molecule has 1 amide bonds. The molecule has 1 heterocycles. The topological polar surface area (TPSA) is 41.1 Å². The molecule has 0 saturated heterocycles. The average Bonchev–Trinajstić information content (AvgIpc) is 2.96. The van der Waals surface area contributed by atoms with Crippen molar-refractivity contribution in [2.24, 2.45) is 0 Å². The second-order valence-electron chi connectivity index (χ2n) is 7.71. The van der Waals surface area contributed by atoms with E-state index in [1.807, 2.05) is 26.0 Å². The third-order valence-electron chi connectivity index (χ3n) is 5.86. The lowest BCUT2D eigenvalue weighted by Gasteiger charge is -2.16. The van der Waals surface area contributed by atoms with Crippen LogP contribution in [0.2, 0.25) is 5.02 Å². The van der Waals surface area contributed by atoms with Crippen LogP contribution in [0.1, 0.15) is 59.3 Å². The van der Waals surface area contributed by atoms with Crippen LogP contribution in [0.3, 0.4) is 0 Å². The van der Waals surface area contributed by atoms with Gasteiger partial charge in [0.2, 0.25) is 0 Å². The molecule has 0 atom stereocenters. The molecule has 1 aliphatic heterocycles. The first-order valence-corrected chi connectivity index (χ1v) is 11.0. The number of hydrogen-bond donors (Lipinski definition) is 2. The summed E-state index contributed by atoms with van der Waals surface area (Å²) in [7, 11) is 0. The van der Waals surface area contributed by atoms with E-state index < -0.39 is 5.82 Å². The monoisotopic (exact) mass is 416 g/mol. The van der Waals surface area contributed by atoms with Crippen molar-refractivity contribution in [2.75, 3.05) is 13.1 Å². The zero-order valence-corrected chi connectivity index (χ0v) is 18.0. The Morgan fingerprint density at radius 1 is 1.14 bits per heavy atom. The second kappa shape index (κ2) is 10.2. The van der Waals surface area contributed by atoms with E-state index in [9.17, 15) is 9.18 Å². The molecule has 0 radical (unpaired) electrons. The Balaban J connectivity index is 1.72. The summed E-state index contributed by atoms with van der Waals surface area (Å²) in [6.07, 6.45) is 5.10. The Morgan fingerprint density at radius 3 is 2.62 bits per heavy atom. The summed E-state index contributed by atoms with van der Waals surface area (Å²) < 4.78 is 14.6. The Kier molecular flexibility index (Phi) is 7.68. The normalized spacial score (nSPS) is 13.8. The van der Waals surface area contributed by atoms with Gasteiger partial charge in [-0.15, -0.1) is 0 Å². The molecule has 0 fully saturated rings. The Bertz CT molecular complexity index is 864. The predicted molar refractivity (Wildman–Crippen MR) is 117 cm³/mol. The Morgan fingerprint density at radius 2 is 1.90 bits per heavy atom. The summed E-state index contributed by atoms with van der Waals surface area (Å²) in [5, 5.41) is 7.11. The van der Waals surface area contributed by atoms with Crippen LogP contribution in [0.4, 0.5) is 4.39 Å². The molecule has 5 heteroatoms. The maximum Gasteiger partial charge on any atom is 0.254 e. The third-order valence-corrected chi connectivity index (χ3v) is 6.21. The van der Waals surface area contributed by atoms with Crippen molar-refractivity contribution < 1.29 is 9.18 Å². The SMILES string of the molecule is CCC(CC)NC(=O)c1ccc(CCc2c(Cl)ccc3c2CCNCC3)cc1F. The lowest BCUT2D eigenvalue weighted by atomic mass is 9.93. The van der Waals surface area contributed by atoms with E-state index in [0.717, 1.165) is 55.8 Å². The van der Waals surface area contributed by atoms with Crippen LogP contribution >= 0.6 is 11.6 Å². The van der Waals surface area contributed by atoms with E-state index in [1.165, 1.54) is 22.8 Å². The maximum atomic E-state index is 14.6. The molecule has 0 bridgehead atoms. The summed E-state index contributed by atoms with van der Waals surface area (Å²) in [5.41, 5.74) is 4.85. The van der Waals surface area contributed by atoms with Crippen LogP contribution in [0.15, 0.2) is 30.3 Å². The number of amides is 1. The molecule has 29 heavy (non-hydrogen) atoms. The maximum absolute atomic E-state index is 14.6. The van der Waals surface area contributed by atoms with Crippen LogP contribution in [0.25, 0.3) is 0 Å². The molecule has 3 rings (SSSR count). The molecule has 0 spiro atoms. The molecule has 0 unspecified atom stereocenters. The zero-order chi connectivity index (χ0) is 20.8. The van der Waals surface area contributed by atoms with Crippen LogP contribution in [0.5, 0.6) is 0 Å². The highest BCUT2D eigenvalue weighted by Gasteiger charge is 2.17. The van der Waals surface area contributed by atoms with Crippen LogP contribution in [0, 0.1) is 5.82 Å². The van der Waals surface area contributed by atoms with E-state index in [2.05, 4.69) is 16.7 Å². The quantitative estimate of drug-likeness (QED) is 0.676. The average molecular weight is 417 g/mol. The molecule has 2 N–H and O–H groups in total. The molecule has 2 aromatic carbocycles. The van der Waals surface area contributed by atoms with Gasteiger partial charge in [0, 0.05) is 11.1 Å². The lowest BCUT2D eigenvalue weighted by Crippen LogP contribution is -2.34. The summed E-state index contributed by atoms with van der Waals surface area (Å²) in [5.74, 6) is -0.806. The van der Waals surface area contributed by atoms with Crippen molar-refractivity contribution in [1.29, 1.82) is 0 Å². The second-order valence-corrected chi connectivity index (χ2v) is 8.12. The highest BCUT2D eigenvalue weighted by molar-refractivity contribution is 6.31. The molecule has 0 aromatic heterocycles. The first-order valence-electron chi connectivity index (χ1n) is 10.6. The van der Waals surface area contributed by atoms with Crippen LogP contribution < -0.4 is 10.6 Å². The van der Waals surface area contributed by atoms with Crippen molar-refractivity contribution in [3.63, 3.8) is 0 Å². The van der Waals surface area contributed by atoms with Gasteiger partial charge in [-0.25, -0.2) is 4.39 Å². The number of carbonyl (C=O) groups excluding carboxylic acids is 1. The smallest absolute Gasteiger partial charge is 0.254 e. The van der Waals surface area contributed by atoms with Crippen molar-refractivity contribution >= 4 is 17.5 Å². The van der Waals surface area contributed by atoms with Crippen molar-refractivity contribution in [3.8, 4) is 0 Å². The molecule has 1 aliphatic rings. The molecular weight excluding hydrogens is 387 g/mol. The van der Waals surface area contributed by atoms with E-state index in [1.54, 1.807) is 6.07 Å². The molecule has 0 aliphatic carbocycles. The third kappa shape index (κ3) is 5.37. The number of halogens is 2. The van der Waals surface area contributed by atoms with Crippen LogP contribution in [-0.4, -0.2) is 25.0 Å². The number of carbonyl (C=O) groups is 1. The first-order chi connectivity index (χ1) is 14.0. The molecule has 156 valence electrons. The van der Waals surface area contributed by atoms with Crippen molar-refractivity contribution in [2.45, 2.75) is 58.4 Å². The number of fused-ring (bicyclic) bond motifs is 1. The van der Waals surface area contributed by atoms with E-state index in [0.29, 0.717) is 6.42 Å². The minimum atomic E-state index is -0.465. The first kappa shape index (κ1) is 21.8. The van der Waals surface area contributed by atoms with Crippen molar-refractivity contribution in [1.82, 2.24) is 10.6 Å². The van der Waals surface area contributed by atoms with Gasteiger partial charge in [-0.1, -0.05) is 37.6 Å². The minimum Gasteiger partial charge on any atom is -0.349 e. The highest BCUT2D eigenvalue weighted by Crippen LogP contribution is 2.27. The molecule has 0 saturated carbocycles. The molecule has 2 aromatic rings. The largest absolute Gasteiger partial charge is 0.349 e. The van der Waals surface area contributed by atoms with Gasteiger partial charge in [0.05, 0.1) is 5.56 Å². The van der Waals surface area contributed by atoms with E-state index in [4.69, 9.17) is 11.6 Å². The van der Waals surface area contributed by atoms with Crippen molar-refractivity contribution in [3.05, 3.63) is 69.0 Å². The summed E-state index contributed by atoms with van der Waals surface area (Å²) in [4.78, 5) is 12.3. The number of aryl methyl sites for hydroxylation is 1. The fraction of sp³-hybridized carbons (Fsp3) is 0.458. The standard InChI is InChI=1S/C24H30ClFN2O/c1-3-18(4-2)28-24(29)21-9-6-16(15-23(21)26)5-8-20-19-12-14-27-13-11-17(19)7-10-22(20)25/h6-7,9-10,15,18,27H,3-5,8,11-14H2,1-2H3,(H,28,29). The zero-order valence-electron chi connectivity index (χ0n) is 17.3. The number of nitrogens with one attached hydrogen (secondary N) is 2. The summed E-state index contributed by atoms with van der Waals surface area (Å²) >= 11 is 6.51. The summed E-state index contributed by atoms with van der Waals surface area (Å²) in [6.45, 7) is 5.97. The highest BCUT2D eigenvalue weighted by atomic mass is 35.5. The minimum absolute atomic E-state index is 0.0755. The van der Waals surface area contributed by atoms with Gasteiger partial charge in [-0.05, 0) is 92.1 Å². The lowest BCUT2D eigenvalue weighted by molar-refractivity contribution is 0.0930. The number of benzene rings is 2. The molecular formula is C24H30ClFN2O. The van der Waals surface area contributed by atoms with Gasteiger partial charge in [-0.2, -0.15) is 0 Å². The Labute approximate surface area is 178 Å². The predicted octanol–water partition coefficient (Wildman–Crippen LogP) is 4.87. The van der Waals surface area contributed by atoms with Gasteiger partial charge >= 0.3 is 0 Å². The van der Waals surface area contributed by atoms with Gasteiger partial charge in [0.25, 0.3) is 5.91 Å². The van der Waals surface area contributed by atoms with Gasteiger partial charge in [0.15, 0.2) is 0 Å². The van der Waals surface area contributed by atoms with Gasteiger partial charge < -0.3 is 10.6 Å². The Hall–Kier alpha value is -1.91. The molecule has 3 nitrogen and oxygen atoms in total. The van der Waals surface area contributed by atoms with Crippen LogP contribution in [-0.2, 0) is 25.7 Å².